The molecule has 2 aromatic rings. The molecule has 0 radical (unpaired) electrons. The summed E-state index contributed by atoms with van der Waals surface area (Å²) < 4.78 is 5.45. The topological polar surface area (TPSA) is 53.3 Å². The molecular weight excluding hydrogens is 372 g/mol. The maximum Gasteiger partial charge on any atom is 0.167 e. The van der Waals surface area contributed by atoms with E-state index in [1.54, 1.807) is 7.11 Å². The van der Waals surface area contributed by atoms with Gasteiger partial charge in [0, 0.05) is 29.6 Å². The fourth-order valence-electron chi connectivity index (χ4n) is 5.32. The largest absolute Gasteiger partial charge is 0.496 e. The average molecular weight is 405 g/mol. The molecule has 4 heteroatoms. The third kappa shape index (κ3) is 3.96. The lowest BCUT2D eigenvalue weighted by Gasteiger charge is -2.45. The van der Waals surface area contributed by atoms with Crippen molar-refractivity contribution in [3.63, 3.8) is 0 Å². The molecule has 0 aromatic heterocycles. The molecule has 1 aliphatic carbocycles. The zero-order valence-corrected chi connectivity index (χ0v) is 18.2. The molecule has 0 N–H and O–H groups in total. The number of hydrogen-bond acceptors (Lipinski definition) is 4. The van der Waals surface area contributed by atoms with Crippen LogP contribution >= 0.6 is 0 Å². The van der Waals surface area contributed by atoms with Gasteiger partial charge in [0.05, 0.1) is 19.6 Å². The molecule has 2 atom stereocenters. The minimum Gasteiger partial charge on any atom is -0.496 e. The van der Waals surface area contributed by atoms with Gasteiger partial charge in [-0.3, -0.25) is 9.69 Å². The monoisotopic (exact) mass is 404 g/mol. The number of ether oxygens (including phenoxy) is 1. The quantitative estimate of drug-likeness (QED) is 0.581. The van der Waals surface area contributed by atoms with Crippen LogP contribution in [0.1, 0.15) is 61.4 Å². The van der Waals surface area contributed by atoms with E-state index in [2.05, 4.69) is 17.9 Å². The molecule has 4 nitrogen and oxygen atoms in total. The second kappa shape index (κ2) is 9.18. The number of rotatable bonds is 7. The Morgan fingerprint density at radius 1 is 1.23 bits per heavy atom. The molecule has 30 heavy (non-hydrogen) atoms. The van der Waals surface area contributed by atoms with Crippen LogP contribution in [0.5, 0.6) is 5.75 Å². The number of piperidine rings is 1. The highest BCUT2D eigenvalue weighted by atomic mass is 16.5. The van der Waals surface area contributed by atoms with Crippen molar-refractivity contribution in [3.8, 4) is 11.8 Å². The highest BCUT2D eigenvalue weighted by Crippen LogP contribution is 2.36. The van der Waals surface area contributed by atoms with Crippen LogP contribution in [0.2, 0.25) is 0 Å². The van der Waals surface area contributed by atoms with E-state index in [0.29, 0.717) is 18.4 Å². The fourth-order valence-corrected chi connectivity index (χ4v) is 5.32. The van der Waals surface area contributed by atoms with Crippen LogP contribution in [0.15, 0.2) is 30.3 Å². The molecule has 2 aliphatic rings. The zero-order chi connectivity index (χ0) is 21.1. The number of carbonyl (C=O) groups is 1. The molecule has 2 aromatic carbocycles. The minimum absolute atomic E-state index is 0.0913. The van der Waals surface area contributed by atoms with E-state index in [4.69, 9.17) is 4.74 Å². The van der Waals surface area contributed by atoms with Crippen LogP contribution in [0.4, 0.5) is 0 Å². The van der Waals surface area contributed by atoms with Crippen LogP contribution < -0.4 is 4.74 Å². The number of hydrogen-bond donors (Lipinski definition) is 0. The third-order valence-electron chi connectivity index (χ3n) is 7.22. The van der Waals surface area contributed by atoms with E-state index in [9.17, 15) is 10.1 Å². The molecule has 1 saturated heterocycles. The molecule has 0 amide bonds. The van der Waals surface area contributed by atoms with E-state index < -0.39 is 0 Å². The minimum atomic E-state index is 0.0913. The SMILES string of the molecule is CCC[C@@H]1CCN(C2CCC2)C[C@@H]1C(=O)c1ccc2c(CC#N)c(OC)ccc2c1. The highest BCUT2D eigenvalue weighted by Gasteiger charge is 2.37. The Morgan fingerprint density at radius 2 is 2.07 bits per heavy atom. The number of Topliss-reactive ketones (excluding diaryl/α,β-unsaturated/α-hetero) is 1. The summed E-state index contributed by atoms with van der Waals surface area (Å²) in [4.78, 5) is 16.2. The van der Waals surface area contributed by atoms with Gasteiger partial charge >= 0.3 is 0 Å². The molecule has 4 rings (SSSR count). The molecule has 2 fully saturated rings. The Hall–Kier alpha value is -2.38. The molecule has 1 aliphatic heterocycles. The summed E-state index contributed by atoms with van der Waals surface area (Å²) in [5.74, 6) is 1.60. The molecule has 1 saturated carbocycles. The van der Waals surface area contributed by atoms with Gasteiger partial charge in [0.2, 0.25) is 0 Å². The van der Waals surface area contributed by atoms with Crippen molar-refractivity contribution in [1.82, 2.24) is 4.90 Å². The van der Waals surface area contributed by atoms with Crippen molar-refractivity contribution < 1.29 is 9.53 Å². The standard InChI is InChI=1S/C26H32N2O2/c1-3-5-18-13-15-28(21-6-4-7-21)17-24(18)26(29)20-8-10-22-19(16-20)9-11-25(30-2)23(22)12-14-27/h8-11,16,18,21,24H,3-7,12-13,15,17H2,1-2H3/t18-,24+/m1/s1. The lowest BCUT2D eigenvalue weighted by Crippen LogP contribution is -2.50. The molecule has 0 bridgehead atoms. The zero-order valence-electron chi connectivity index (χ0n) is 18.2. The first kappa shape index (κ1) is 20.9. The van der Waals surface area contributed by atoms with Crippen LogP contribution in [-0.2, 0) is 6.42 Å². The number of nitrogens with zero attached hydrogens (tertiary/aromatic N) is 2. The maximum atomic E-state index is 13.6. The Labute approximate surface area is 179 Å². The second-order valence-electron chi connectivity index (χ2n) is 8.91. The first-order valence-corrected chi connectivity index (χ1v) is 11.4. The Kier molecular flexibility index (Phi) is 6.39. The maximum absolute atomic E-state index is 13.6. The van der Waals surface area contributed by atoms with Crippen molar-refractivity contribution in [2.45, 2.75) is 57.9 Å². The van der Waals surface area contributed by atoms with E-state index in [1.807, 2.05) is 30.3 Å². The van der Waals surface area contributed by atoms with Crippen LogP contribution in [-0.4, -0.2) is 36.9 Å². The lowest BCUT2D eigenvalue weighted by atomic mass is 9.76. The average Bonchev–Trinajstić information content (AvgIpc) is 2.73. The number of nitriles is 1. The number of carbonyl (C=O) groups excluding carboxylic acids is 1. The summed E-state index contributed by atoms with van der Waals surface area (Å²) in [5.41, 5.74) is 1.70. The van der Waals surface area contributed by atoms with Gasteiger partial charge in [-0.2, -0.15) is 5.26 Å². The normalized spacial score (nSPS) is 22.4. The third-order valence-corrected chi connectivity index (χ3v) is 7.22. The first-order chi connectivity index (χ1) is 14.7. The number of ketones is 1. The molecule has 158 valence electrons. The van der Waals surface area contributed by atoms with Gasteiger partial charge in [-0.15, -0.1) is 0 Å². The van der Waals surface area contributed by atoms with Crippen molar-refractivity contribution in [2.24, 2.45) is 11.8 Å². The van der Waals surface area contributed by atoms with Gasteiger partial charge < -0.3 is 4.74 Å². The van der Waals surface area contributed by atoms with Gasteiger partial charge in [-0.05, 0) is 61.1 Å². The predicted octanol–water partition coefficient (Wildman–Crippen LogP) is 5.39. The second-order valence-corrected chi connectivity index (χ2v) is 8.91. The van der Waals surface area contributed by atoms with Crippen LogP contribution in [0.25, 0.3) is 10.8 Å². The van der Waals surface area contributed by atoms with E-state index >= 15 is 0 Å². The molecule has 1 heterocycles. The van der Waals surface area contributed by atoms with Crippen LogP contribution in [0, 0.1) is 23.2 Å². The number of methoxy groups -OCH3 is 1. The van der Waals surface area contributed by atoms with E-state index in [0.717, 1.165) is 60.0 Å². The molecule has 0 spiro atoms. The lowest BCUT2D eigenvalue weighted by molar-refractivity contribution is 0.0390. The smallest absolute Gasteiger partial charge is 0.167 e. The Bertz CT molecular complexity index is 957. The summed E-state index contributed by atoms with van der Waals surface area (Å²) >= 11 is 0. The predicted molar refractivity (Wildman–Crippen MR) is 120 cm³/mol. The first-order valence-electron chi connectivity index (χ1n) is 11.4. The van der Waals surface area contributed by atoms with E-state index in [1.165, 1.54) is 19.3 Å². The van der Waals surface area contributed by atoms with Gasteiger partial charge in [-0.25, -0.2) is 0 Å². The summed E-state index contributed by atoms with van der Waals surface area (Å²) in [5, 5.41) is 11.2. The van der Waals surface area contributed by atoms with Crippen molar-refractivity contribution in [1.29, 1.82) is 5.26 Å². The Morgan fingerprint density at radius 3 is 2.73 bits per heavy atom. The summed E-state index contributed by atoms with van der Waals surface area (Å²) in [7, 11) is 1.63. The van der Waals surface area contributed by atoms with E-state index in [-0.39, 0.29) is 11.7 Å². The number of benzene rings is 2. The Balaban J connectivity index is 1.63. The van der Waals surface area contributed by atoms with Crippen molar-refractivity contribution in [3.05, 3.63) is 41.5 Å². The fraction of sp³-hybridized carbons (Fsp3) is 0.538. The molecular formula is C26H32N2O2. The van der Waals surface area contributed by atoms with Crippen molar-refractivity contribution >= 4 is 16.6 Å². The number of likely N-dealkylation sites (tertiary alicyclic amines) is 1. The van der Waals surface area contributed by atoms with Gasteiger partial charge in [0.25, 0.3) is 0 Å². The molecule has 0 unspecified atom stereocenters. The van der Waals surface area contributed by atoms with Gasteiger partial charge in [0.15, 0.2) is 5.78 Å². The van der Waals surface area contributed by atoms with Gasteiger partial charge in [0.1, 0.15) is 5.75 Å². The number of fused-ring (bicyclic) bond motifs is 1. The summed E-state index contributed by atoms with van der Waals surface area (Å²) in [6.45, 7) is 4.28. The van der Waals surface area contributed by atoms with Gasteiger partial charge in [-0.1, -0.05) is 38.0 Å². The van der Waals surface area contributed by atoms with Crippen LogP contribution in [0.3, 0.4) is 0 Å². The highest BCUT2D eigenvalue weighted by molar-refractivity contribution is 6.02. The summed E-state index contributed by atoms with van der Waals surface area (Å²) in [6.07, 6.45) is 7.61. The summed E-state index contributed by atoms with van der Waals surface area (Å²) in [6, 6.07) is 12.8. The van der Waals surface area contributed by atoms with Crippen molar-refractivity contribution in [2.75, 3.05) is 20.2 Å².